The van der Waals surface area contributed by atoms with Gasteiger partial charge in [0.15, 0.2) is 17.3 Å². The second-order valence-corrected chi connectivity index (χ2v) is 6.47. The Morgan fingerprint density at radius 2 is 2.13 bits per heavy atom. The van der Waals surface area contributed by atoms with Gasteiger partial charge in [0.05, 0.1) is 7.11 Å². The van der Waals surface area contributed by atoms with Crippen LogP contribution in [0.2, 0.25) is 0 Å². The summed E-state index contributed by atoms with van der Waals surface area (Å²) >= 11 is 0. The zero-order chi connectivity index (χ0) is 16.6. The Morgan fingerprint density at radius 3 is 2.83 bits per heavy atom. The maximum Gasteiger partial charge on any atom is 0.160 e. The lowest BCUT2D eigenvalue weighted by Gasteiger charge is -2.28. The second kappa shape index (κ2) is 6.07. The van der Waals surface area contributed by atoms with E-state index < -0.39 is 0 Å². The number of benzene rings is 1. The van der Waals surface area contributed by atoms with Crippen LogP contribution in [0.3, 0.4) is 0 Å². The SMILES string of the molecule is C=C[C@@H]1C[C@@H](Cc2ccc(O)c(OC)c2)[C@@H]2C(=O)C=CC(=C)[C@H]21. The molecule has 0 unspecified atom stereocenters. The molecule has 3 nitrogen and oxygen atoms in total. The maximum atomic E-state index is 12.4. The first-order valence-corrected chi connectivity index (χ1v) is 7.94. The molecule has 0 aliphatic heterocycles. The maximum absolute atomic E-state index is 12.4. The molecule has 2 aliphatic rings. The number of ketones is 1. The van der Waals surface area contributed by atoms with E-state index in [4.69, 9.17) is 4.74 Å². The topological polar surface area (TPSA) is 46.5 Å². The van der Waals surface area contributed by atoms with Gasteiger partial charge in [-0.3, -0.25) is 4.79 Å². The van der Waals surface area contributed by atoms with Crippen molar-refractivity contribution in [1.29, 1.82) is 0 Å². The van der Waals surface area contributed by atoms with E-state index in [2.05, 4.69) is 13.2 Å². The van der Waals surface area contributed by atoms with E-state index in [1.54, 1.807) is 12.1 Å². The van der Waals surface area contributed by atoms with Crippen LogP contribution in [0, 0.1) is 23.7 Å². The lowest BCUT2D eigenvalue weighted by molar-refractivity contribution is -0.120. The third-order valence-corrected chi connectivity index (χ3v) is 5.19. The van der Waals surface area contributed by atoms with Crippen LogP contribution < -0.4 is 4.74 Å². The lowest BCUT2D eigenvalue weighted by Crippen LogP contribution is -2.29. The van der Waals surface area contributed by atoms with Crippen LogP contribution >= 0.6 is 0 Å². The highest BCUT2D eigenvalue weighted by Crippen LogP contribution is 2.49. The highest BCUT2D eigenvalue weighted by molar-refractivity contribution is 5.94. The summed E-state index contributed by atoms with van der Waals surface area (Å²) in [5.41, 5.74) is 2.10. The highest BCUT2D eigenvalue weighted by Gasteiger charge is 2.46. The molecule has 3 rings (SSSR count). The number of phenolic OH excluding ortho intramolecular Hbond substituents is 1. The van der Waals surface area contributed by atoms with E-state index in [1.165, 1.54) is 7.11 Å². The number of phenols is 1. The molecule has 120 valence electrons. The van der Waals surface area contributed by atoms with Crippen LogP contribution in [-0.2, 0) is 11.2 Å². The number of carbonyl (C=O) groups is 1. The molecule has 1 aromatic carbocycles. The molecule has 0 radical (unpaired) electrons. The zero-order valence-electron chi connectivity index (χ0n) is 13.4. The fourth-order valence-electron chi connectivity index (χ4n) is 4.13. The molecule has 23 heavy (non-hydrogen) atoms. The summed E-state index contributed by atoms with van der Waals surface area (Å²) in [6.07, 6.45) is 7.21. The molecule has 0 spiro atoms. The Balaban J connectivity index is 1.88. The Hall–Kier alpha value is -2.29. The monoisotopic (exact) mass is 310 g/mol. The molecule has 1 saturated carbocycles. The average molecular weight is 310 g/mol. The molecule has 0 amide bonds. The lowest BCUT2D eigenvalue weighted by atomic mass is 9.75. The van der Waals surface area contributed by atoms with Gasteiger partial charge in [-0.25, -0.2) is 0 Å². The molecule has 1 aromatic rings. The van der Waals surface area contributed by atoms with E-state index in [1.807, 2.05) is 24.3 Å². The van der Waals surface area contributed by atoms with Crippen molar-refractivity contribution in [2.24, 2.45) is 23.7 Å². The van der Waals surface area contributed by atoms with Gasteiger partial charge in [-0.1, -0.05) is 30.4 Å². The van der Waals surface area contributed by atoms with Crippen LogP contribution in [0.15, 0.2) is 55.2 Å². The molecule has 0 bridgehead atoms. The summed E-state index contributed by atoms with van der Waals surface area (Å²) in [4.78, 5) is 12.4. The van der Waals surface area contributed by atoms with E-state index in [0.717, 1.165) is 24.0 Å². The predicted molar refractivity (Wildman–Crippen MR) is 90.4 cm³/mol. The van der Waals surface area contributed by atoms with E-state index >= 15 is 0 Å². The number of aromatic hydroxyl groups is 1. The summed E-state index contributed by atoms with van der Waals surface area (Å²) in [7, 11) is 1.54. The number of carbonyl (C=O) groups excluding carboxylic acids is 1. The van der Waals surface area contributed by atoms with Crippen molar-refractivity contribution in [3.8, 4) is 11.5 Å². The standard InChI is InChI=1S/C20H22O3/c1-4-14-11-15(20-17(22)7-5-12(2)19(14)20)9-13-6-8-16(21)18(10-13)23-3/h4-8,10,14-15,19-21H,1-2,9,11H2,3H3/t14-,15-,19+,20-/m1/s1. The molecule has 0 saturated heterocycles. The van der Waals surface area contributed by atoms with E-state index in [-0.39, 0.29) is 29.3 Å². The van der Waals surface area contributed by atoms with Crippen LogP contribution in [0.25, 0.3) is 0 Å². The largest absolute Gasteiger partial charge is 0.504 e. The van der Waals surface area contributed by atoms with Crippen LogP contribution in [0.4, 0.5) is 0 Å². The molecule has 0 heterocycles. The Kier molecular flexibility index (Phi) is 4.12. The third kappa shape index (κ3) is 2.72. The minimum absolute atomic E-state index is 0.0182. The van der Waals surface area contributed by atoms with Crippen molar-refractivity contribution in [1.82, 2.24) is 0 Å². The van der Waals surface area contributed by atoms with E-state index in [0.29, 0.717) is 11.7 Å². The zero-order valence-corrected chi connectivity index (χ0v) is 13.4. The van der Waals surface area contributed by atoms with Gasteiger partial charge in [0.25, 0.3) is 0 Å². The van der Waals surface area contributed by atoms with Crippen LogP contribution in [0.1, 0.15) is 12.0 Å². The van der Waals surface area contributed by atoms with Crippen LogP contribution in [0.5, 0.6) is 11.5 Å². The second-order valence-electron chi connectivity index (χ2n) is 6.47. The molecule has 4 atom stereocenters. The number of rotatable bonds is 4. The first kappa shape index (κ1) is 15.6. The van der Waals surface area contributed by atoms with Crippen molar-refractivity contribution in [3.05, 3.63) is 60.7 Å². The highest BCUT2D eigenvalue weighted by atomic mass is 16.5. The van der Waals surface area contributed by atoms with Crippen molar-refractivity contribution in [3.63, 3.8) is 0 Å². The Bertz CT molecular complexity index is 686. The van der Waals surface area contributed by atoms with Gasteiger partial charge in [-0.2, -0.15) is 0 Å². The number of fused-ring (bicyclic) bond motifs is 1. The summed E-state index contributed by atoms with van der Waals surface area (Å²) in [5, 5.41) is 9.73. The summed E-state index contributed by atoms with van der Waals surface area (Å²) in [5.74, 6) is 1.51. The van der Waals surface area contributed by atoms with Gasteiger partial charge in [0.2, 0.25) is 0 Å². The molecule has 1 fully saturated rings. The molecule has 3 heteroatoms. The number of methoxy groups -OCH3 is 1. The summed E-state index contributed by atoms with van der Waals surface area (Å²) in [6.45, 7) is 8.07. The third-order valence-electron chi connectivity index (χ3n) is 5.19. The Morgan fingerprint density at radius 1 is 1.35 bits per heavy atom. The number of ether oxygens (including phenoxy) is 1. The van der Waals surface area contributed by atoms with Crippen molar-refractivity contribution in [2.45, 2.75) is 12.8 Å². The smallest absolute Gasteiger partial charge is 0.160 e. The Labute approximate surface area is 137 Å². The van der Waals surface area contributed by atoms with Crippen molar-refractivity contribution in [2.75, 3.05) is 7.11 Å². The molecular weight excluding hydrogens is 288 g/mol. The molecule has 0 aromatic heterocycles. The minimum Gasteiger partial charge on any atom is -0.504 e. The van der Waals surface area contributed by atoms with Gasteiger partial charge < -0.3 is 9.84 Å². The number of hydrogen-bond acceptors (Lipinski definition) is 3. The molecular formula is C20H22O3. The van der Waals surface area contributed by atoms with E-state index in [9.17, 15) is 9.90 Å². The average Bonchev–Trinajstić information content (AvgIpc) is 2.92. The van der Waals surface area contributed by atoms with Gasteiger partial charge >= 0.3 is 0 Å². The van der Waals surface area contributed by atoms with Crippen molar-refractivity contribution >= 4 is 5.78 Å². The molecule has 2 aliphatic carbocycles. The number of hydrogen-bond donors (Lipinski definition) is 1. The first-order valence-electron chi connectivity index (χ1n) is 7.94. The predicted octanol–water partition coefficient (Wildman–Crippen LogP) is 3.69. The van der Waals surface area contributed by atoms with Gasteiger partial charge in [0, 0.05) is 5.92 Å². The van der Waals surface area contributed by atoms with Gasteiger partial charge in [-0.15, -0.1) is 6.58 Å². The van der Waals surface area contributed by atoms with Gasteiger partial charge in [0.1, 0.15) is 0 Å². The fourth-order valence-corrected chi connectivity index (χ4v) is 4.13. The first-order chi connectivity index (χ1) is 11.0. The van der Waals surface area contributed by atoms with Crippen LogP contribution in [-0.4, -0.2) is 18.0 Å². The quantitative estimate of drug-likeness (QED) is 0.863. The fraction of sp³-hybridized carbons (Fsp3) is 0.350. The summed E-state index contributed by atoms with van der Waals surface area (Å²) in [6, 6.07) is 5.39. The van der Waals surface area contributed by atoms with Crippen molar-refractivity contribution < 1.29 is 14.6 Å². The molecule has 1 N–H and O–H groups in total. The normalized spacial score (nSPS) is 29.4. The number of allylic oxidation sites excluding steroid dienone is 4. The van der Waals surface area contributed by atoms with Gasteiger partial charge in [-0.05, 0) is 54.4 Å². The summed E-state index contributed by atoms with van der Waals surface area (Å²) < 4.78 is 5.18. The minimum atomic E-state index is -0.0182.